The van der Waals surface area contributed by atoms with Gasteiger partial charge in [-0.05, 0) is 13.0 Å². The third-order valence-electron chi connectivity index (χ3n) is 2.30. The highest BCUT2D eigenvalue weighted by Crippen LogP contribution is 2.32. The van der Waals surface area contributed by atoms with Crippen molar-refractivity contribution in [3.05, 3.63) is 46.0 Å². The number of hydrogen-bond acceptors (Lipinski definition) is 6. The van der Waals surface area contributed by atoms with Gasteiger partial charge in [0.25, 0.3) is 5.69 Å². The normalized spacial score (nSPS) is 10.4. The zero-order chi connectivity index (χ0) is 14.0. The van der Waals surface area contributed by atoms with E-state index in [1.807, 2.05) is 0 Å². The molecular weight excluding hydrogens is 272 g/mol. The summed E-state index contributed by atoms with van der Waals surface area (Å²) in [7, 11) is 0. The molecule has 19 heavy (non-hydrogen) atoms. The maximum absolute atomic E-state index is 11.1. The molecule has 2 aromatic rings. The van der Waals surface area contributed by atoms with Crippen molar-refractivity contribution in [3.8, 4) is 0 Å². The summed E-state index contributed by atoms with van der Waals surface area (Å²) in [6.45, 7) is 1.73. The fraction of sp³-hybridized carbons (Fsp3) is 0.0909. The van der Waals surface area contributed by atoms with Gasteiger partial charge in [0, 0.05) is 6.07 Å². The average molecular weight is 280 g/mol. The lowest BCUT2D eigenvalue weighted by Crippen LogP contribution is -2.02. The van der Waals surface area contributed by atoms with Crippen LogP contribution in [0.15, 0.2) is 38.9 Å². The van der Waals surface area contributed by atoms with Crippen molar-refractivity contribution in [2.24, 2.45) is 0 Å². The molecule has 0 saturated heterocycles. The molecule has 2 heterocycles. The maximum atomic E-state index is 11.1. The monoisotopic (exact) mass is 280 g/mol. The van der Waals surface area contributed by atoms with E-state index in [0.29, 0.717) is 10.7 Å². The Kier molecular flexibility index (Phi) is 3.52. The third-order valence-corrected chi connectivity index (χ3v) is 3.46. The van der Waals surface area contributed by atoms with Crippen LogP contribution in [0.5, 0.6) is 0 Å². The molecule has 0 aliphatic rings. The van der Waals surface area contributed by atoms with Gasteiger partial charge in [-0.2, -0.15) is 0 Å². The van der Waals surface area contributed by atoms with Crippen LogP contribution in [-0.4, -0.2) is 21.0 Å². The number of hydrogen-bond donors (Lipinski definition) is 1. The van der Waals surface area contributed by atoms with Crippen LogP contribution >= 0.6 is 11.8 Å². The van der Waals surface area contributed by atoms with Crippen LogP contribution in [0.1, 0.15) is 16.1 Å². The van der Waals surface area contributed by atoms with Gasteiger partial charge in [-0.1, -0.05) is 11.8 Å². The van der Waals surface area contributed by atoms with Gasteiger partial charge < -0.3 is 9.52 Å². The van der Waals surface area contributed by atoms with Crippen LogP contribution in [0.3, 0.4) is 0 Å². The largest absolute Gasteiger partial charge is 0.478 e. The van der Waals surface area contributed by atoms with Crippen LogP contribution in [0, 0.1) is 17.0 Å². The second kappa shape index (κ2) is 5.11. The van der Waals surface area contributed by atoms with Crippen molar-refractivity contribution >= 4 is 23.4 Å². The van der Waals surface area contributed by atoms with E-state index in [1.54, 1.807) is 13.0 Å². The van der Waals surface area contributed by atoms with Gasteiger partial charge in [0.05, 0.1) is 21.6 Å². The van der Waals surface area contributed by atoms with Crippen LogP contribution in [-0.2, 0) is 0 Å². The molecule has 0 spiro atoms. The predicted octanol–water partition coefficient (Wildman–Crippen LogP) is 2.74. The Morgan fingerprint density at radius 3 is 2.84 bits per heavy atom. The van der Waals surface area contributed by atoms with Gasteiger partial charge in [0.1, 0.15) is 17.0 Å². The quantitative estimate of drug-likeness (QED) is 0.677. The number of furan rings is 1. The highest BCUT2D eigenvalue weighted by Gasteiger charge is 2.19. The molecule has 0 radical (unpaired) electrons. The number of aromatic nitrogens is 1. The smallest absolute Gasteiger partial charge is 0.338 e. The molecule has 0 atom stereocenters. The molecule has 0 amide bonds. The zero-order valence-electron chi connectivity index (χ0n) is 9.69. The van der Waals surface area contributed by atoms with Crippen molar-refractivity contribution in [1.29, 1.82) is 0 Å². The molecule has 98 valence electrons. The maximum Gasteiger partial charge on any atom is 0.338 e. The Hall–Kier alpha value is -2.35. The van der Waals surface area contributed by atoms with E-state index >= 15 is 0 Å². The van der Waals surface area contributed by atoms with E-state index in [-0.39, 0.29) is 16.3 Å². The van der Waals surface area contributed by atoms with Crippen LogP contribution in [0.4, 0.5) is 5.69 Å². The summed E-state index contributed by atoms with van der Waals surface area (Å²) in [5, 5.41) is 19.9. The highest BCUT2D eigenvalue weighted by molar-refractivity contribution is 7.99. The topological polar surface area (TPSA) is 106 Å². The summed E-state index contributed by atoms with van der Waals surface area (Å²) in [6.07, 6.45) is 2.51. The molecule has 0 aliphatic carbocycles. The molecular formula is C11H8N2O5S. The molecule has 2 rings (SSSR count). The number of carbonyl (C=O) groups is 1. The minimum Gasteiger partial charge on any atom is -0.478 e. The summed E-state index contributed by atoms with van der Waals surface area (Å²) in [6, 6.07) is 2.67. The van der Waals surface area contributed by atoms with E-state index in [0.717, 1.165) is 24.0 Å². The molecule has 1 N–H and O–H groups in total. The summed E-state index contributed by atoms with van der Waals surface area (Å²) < 4.78 is 5.09. The fourth-order valence-corrected chi connectivity index (χ4v) is 2.24. The first kappa shape index (κ1) is 13.1. The summed E-state index contributed by atoms with van der Waals surface area (Å²) in [5.41, 5.74) is -0.564. The Bertz CT molecular complexity index is 652. The Morgan fingerprint density at radius 1 is 1.58 bits per heavy atom. The Balaban J connectivity index is 2.43. The van der Waals surface area contributed by atoms with Crippen LogP contribution in [0.2, 0.25) is 0 Å². The van der Waals surface area contributed by atoms with Gasteiger partial charge in [0.2, 0.25) is 0 Å². The fourth-order valence-electron chi connectivity index (χ4n) is 1.36. The number of carboxylic acid groups (broad SMARTS) is 1. The molecule has 7 nitrogen and oxygen atoms in total. The number of rotatable bonds is 4. The van der Waals surface area contributed by atoms with Crippen molar-refractivity contribution in [2.45, 2.75) is 16.8 Å². The summed E-state index contributed by atoms with van der Waals surface area (Å²) >= 11 is 1.09. The molecule has 0 bridgehead atoms. The predicted molar refractivity (Wildman–Crippen MR) is 65.4 cm³/mol. The number of aryl methyl sites for hydroxylation is 1. The number of carboxylic acids is 1. The zero-order valence-corrected chi connectivity index (χ0v) is 10.5. The Morgan fingerprint density at radius 2 is 2.32 bits per heavy atom. The van der Waals surface area contributed by atoms with E-state index in [2.05, 4.69) is 4.98 Å². The minimum atomic E-state index is -1.26. The van der Waals surface area contributed by atoms with E-state index in [9.17, 15) is 14.9 Å². The van der Waals surface area contributed by atoms with Crippen LogP contribution in [0.25, 0.3) is 0 Å². The highest BCUT2D eigenvalue weighted by atomic mass is 32.2. The lowest BCUT2D eigenvalue weighted by Gasteiger charge is -2.03. The SMILES string of the molecule is Cc1occc1Sc1ncc([N+](=O)[O-])cc1C(=O)O. The molecule has 0 saturated carbocycles. The number of aromatic carboxylic acids is 1. The van der Waals surface area contributed by atoms with Gasteiger partial charge in [-0.15, -0.1) is 0 Å². The van der Waals surface area contributed by atoms with Gasteiger partial charge in [-0.3, -0.25) is 10.1 Å². The van der Waals surface area contributed by atoms with Gasteiger partial charge in [0.15, 0.2) is 0 Å². The molecule has 0 unspecified atom stereocenters. The Labute approximate surface area is 111 Å². The first-order chi connectivity index (χ1) is 8.99. The molecule has 0 aliphatic heterocycles. The van der Waals surface area contributed by atoms with E-state index in [4.69, 9.17) is 9.52 Å². The number of nitrogens with zero attached hydrogens (tertiary/aromatic N) is 2. The van der Waals surface area contributed by atoms with Crippen molar-refractivity contribution < 1.29 is 19.2 Å². The van der Waals surface area contributed by atoms with Crippen molar-refractivity contribution in [2.75, 3.05) is 0 Å². The minimum absolute atomic E-state index is 0.183. The first-order valence-electron chi connectivity index (χ1n) is 5.08. The molecule has 0 fully saturated rings. The van der Waals surface area contributed by atoms with Crippen LogP contribution < -0.4 is 0 Å². The van der Waals surface area contributed by atoms with Gasteiger partial charge in [-0.25, -0.2) is 9.78 Å². The molecule has 8 heteroatoms. The van der Waals surface area contributed by atoms with Gasteiger partial charge >= 0.3 is 5.97 Å². The van der Waals surface area contributed by atoms with Crippen molar-refractivity contribution in [1.82, 2.24) is 4.98 Å². The molecule has 2 aromatic heterocycles. The standard InChI is InChI=1S/C11H8N2O5S/c1-6-9(2-3-18-6)19-10-8(11(14)15)4-7(5-12-10)13(16)17/h2-5H,1H3,(H,14,15). The van der Waals surface area contributed by atoms with E-state index in [1.165, 1.54) is 6.26 Å². The second-order valence-corrected chi connectivity index (χ2v) is 4.58. The number of nitro groups is 1. The summed E-state index contributed by atoms with van der Waals surface area (Å²) in [5.74, 6) is -0.638. The lowest BCUT2D eigenvalue weighted by molar-refractivity contribution is -0.385. The first-order valence-corrected chi connectivity index (χ1v) is 5.90. The van der Waals surface area contributed by atoms with E-state index < -0.39 is 10.9 Å². The lowest BCUT2D eigenvalue weighted by atomic mass is 10.3. The molecule has 0 aromatic carbocycles. The summed E-state index contributed by atoms with van der Waals surface area (Å²) in [4.78, 5) is 25.6. The number of pyridine rings is 1. The average Bonchev–Trinajstić information content (AvgIpc) is 2.75. The second-order valence-electron chi connectivity index (χ2n) is 3.55. The third kappa shape index (κ3) is 2.74. The van der Waals surface area contributed by atoms with Crippen molar-refractivity contribution in [3.63, 3.8) is 0 Å².